The van der Waals surface area contributed by atoms with Gasteiger partial charge in [-0.15, -0.1) is 0 Å². The van der Waals surface area contributed by atoms with E-state index in [0.29, 0.717) is 21.3 Å². The van der Waals surface area contributed by atoms with Crippen LogP contribution in [0.4, 0.5) is 5.69 Å². The topological polar surface area (TPSA) is 54.5 Å². The number of amides is 1. The van der Waals surface area contributed by atoms with Crippen LogP contribution in [0.1, 0.15) is 19.4 Å². The van der Waals surface area contributed by atoms with E-state index in [9.17, 15) is 13.2 Å². The normalized spacial score (nSPS) is 11.6. The van der Waals surface area contributed by atoms with Gasteiger partial charge in [0.2, 0.25) is 5.91 Å². The van der Waals surface area contributed by atoms with Crippen LogP contribution in [0.3, 0.4) is 0 Å². The summed E-state index contributed by atoms with van der Waals surface area (Å²) in [5.41, 5.74) is 1.33. The number of hydrogen-bond donors (Lipinski definition) is 0. The van der Waals surface area contributed by atoms with Crippen LogP contribution in [0.5, 0.6) is 0 Å². The molecule has 0 saturated carbocycles. The number of carbonyl (C=O) groups excluding carboxylic acids is 1. The van der Waals surface area contributed by atoms with Crippen molar-refractivity contribution in [1.29, 1.82) is 0 Å². The lowest BCUT2D eigenvalue weighted by Crippen LogP contribution is -2.38. The van der Waals surface area contributed by atoms with E-state index in [2.05, 4.69) is 0 Å². The largest absolute Gasteiger partial charge is 0.310 e. The number of sulfone groups is 1. The molecule has 2 aromatic carbocycles. The maximum Gasteiger partial charge on any atom is 0.231 e. The summed E-state index contributed by atoms with van der Waals surface area (Å²) < 4.78 is 23.2. The van der Waals surface area contributed by atoms with Crippen LogP contribution >= 0.6 is 23.2 Å². The van der Waals surface area contributed by atoms with Gasteiger partial charge in [0, 0.05) is 28.0 Å². The van der Waals surface area contributed by atoms with Gasteiger partial charge in [0.25, 0.3) is 0 Å². The second kappa shape index (κ2) is 7.77. The fourth-order valence-corrected chi connectivity index (χ4v) is 3.60. The Bertz CT molecular complexity index is 878. The van der Waals surface area contributed by atoms with Crippen molar-refractivity contribution < 1.29 is 13.2 Å². The molecule has 0 aliphatic heterocycles. The van der Waals surface area contributed by atoms with E-state index in [1.54, 1.807) is 35.2 Å². The van der Waals surface area contributed by atoms with Crippen LogP contribution in [-0.4, -0.2) is 26.6 Å². The van der Waals surface area contributed by atoms with Gasteiger partial charge in [0.05, 0.1) is 11.3 Å². The standard InChI is InChI=1S/C18H19Cl2NO3S/c1-12(2)21(15-6-8-16(9-7-15)25(3,23)24)18(22)10-13-4-5-14(19)11-17(13)20/h4-9,11-12H,10H2,1-3H3. The molecule has 0 spiro atoms. The van der Waals surface area contributed by atoms with Gasteiger partial charge >= 0.3 is 0 Å². The zero-order valence-corrected chi connectivity index (χ0v) is 16.5. The van der Waals surface area contributed by atoms with Gasteiger partial charge < -0.3 is 4.90 Å². The molecule has 0 aliphatic rings. The molecule has 0 atom stereocenters. The van der Waals surface area contributed by atoms with E-state index < -0.39 is 9.84 Å². The fourth-order valence-electron chi connectivity index (χ4n) is 2.50. The summed E-state index contributed by atoms with van der Waals surface area (Å²) in [7, 11) is -3.28. The highest BCUT2D eigenvalue weighted by molar-refractivity contribution is 7.90. The lowest BCUT2D eigenvalue weighted by molar-refractivity contribution is -0.118. The molecule has 0 aromatic heterocycles. The predicted molar refractivity (Wildman–Crippen MR) is 102 cm³/mol. The quantitative estimate of drug-likeness (QED) is 0.749. The van der Waals surface area contributed by atoms with Crippen molar-refractivity contribution in [1.82, 2.24) is 0 Å². The molecule has 0 N–H and O–H groups in total. The molecule has 0 heterocycles. The summed E-state index contributed by atoms with van der Waals surface area (Å²) in [6, 6.07) is 11.2. The first kappa shape index (κ1) is 19.8. The summed E-state index contributed by atoms with van der Waals surface area (Å²) in [6.07, 6.45) is 1.28. The number of carbonyl (C=O) groups is 1. The van der Waals surface area contributed by atoms with Crippen molar-refractivity contribution in [2.24, 2.45) is 0 Å². The molecule has 2 aromatic rings. The van der Waals surface area contributed by atoms with Crippen LogP contribution in [0, 0.1) is 0 Å². The van der Waals surface area contributed by atoms with Gasteiger partial charge in [-0.2, -0.15) is 0 Å². The van der Waals surface area contributed by atoms with E-state index in [4.69, 9.17) is 23.2 Å². The van der Waals surface area contributed by atoms with E-state index in [-0.39, 0.29) is 23.3 Å². The Morgan fingerprint density at radius 2 is 1.68 bits per heavy atom. The van der Waals surface area contributed by atoms with E-state index >= 15 is 0 Å². The van der Waals surface area contributed by atoms with Gasteiger partial charge in [-0.3, -0.25) is 4.79 Å². The monoisotopic (exact) mass is 399 g/mol. The van der Waals surface area contributed by atoms with Crippen LogP contribution in [-0.2, 0) is 21.1 Å². The molecule has 7 heteroatoms. The highest BCUT2D eigenvalue weighted by Gasteiger charge is 2.21. The molecular formula is C18H19Cl2NO3S. The lowest BCUT2D eigenvalue weighted by Gasteiger charge is -2.27. The Morgan fingerprint density at radius 1 is 1.08 bits per heavy atom. The van der Waals surface area contributed by atoms with Crippen molar-refractivity contribution in [3.63, 3.8) is 0 Å². The zero-order valence-electron chi connectivity index (χ0n) is 14.2. The lowest BCUT2D eigenvalue weighted by atomic mass is 10.1. The summed E-state index contributed by atoms with van der Waals surface area (Å²) in [5, 5.41) is 0.954. The number of halogens is 2. The molecule has 1 amide bonds. The summed E-state index contributed by atoms with van der Waals surface area (Å²) in [4.78, 5) is 14.6. The average Bonchev–Trinajstić information content (AvgIpc) is 2.49. The Kier molecular flexibility index (Phi) is 6.14. The van der Waals surface area contributed by atoms with Gasteiger partial charge in [-0.1, -0.05) is 29.3 Å². The maximum atomic E-state index is 12.8. The summed E-state index contributed by atoms with van der Waals surface area (Å²) >= 11 is 12.0. The van der Waals surface area contributed by atoms with Crippen LogP contribution in [0.15, 0.2) is 47.4 Å². The van der Waals surface area contributed by atoms with E-state index in [0.717, 1.165) is 6.26 Å². The third kappa shape index (κ3) is 4.97. The highest BCUT2D eigenvalue weighted by atomic mass is 35.5. The first-order chi connectivity index (χ1) is 11.6. The minimum atomic E-state index is -3.28. The molecule has 0 aliphatic carbocycles. The van der Waals surface area contributed by atoms with Crippen molar-refractivity contribution in [3.8, 4) is 0 Å². The van der Waals surface area contributed by atoms with Crippen molar-refractivity contribution in [2.45, 2.75) is 31.2 Å². The minimum absolute atomic E-state index is 0.0948. The van der Waals surface area contributed by atoms with Gasteiger partial charge in [-0.05, 0) is 55.8 Å². The van der Waals surface area contributed by atoms with E-state index in [1.807, 2.05) is 13.8 Å². The second-order valence-electron chi connectivity index (χ2n) is 6.04. The number of benzene rings is 2. The predicted octanol–water partition coefficient (Wildman–Crippen LogP) is 4.38. The number of hydrogen-bond acceptors (Lipinski definition) is 3. The van der Waals surface area contributed by atoms with Gasteiger partial charge in [0.1, 0.15) is 0 Å². The first-order valence-corrected chi connectivity index (χ1v) is 10.3. The van der Waals surface area contributed by atoms with Gasteiger partial charge in [0.15, 0.2) is 9.84 Å². The van der Waals surface area contributed by atoms with Crippen molar-refractivity contribution >= 4 is 44.6 Å². The molecular weight excluding hydrogens is 381 g/mol. The molecule has 2 rings (SSSR count). The SMILES string of the molecule is CC(C)N(C(=O)Cc1ccc(Cl)cc1Cl)c1ccc(S(C)(=O)=O)cc1. The summed E-state index contributed by atoms with van der Waals surface area (Å²) in [6.45, 7) is 3.79. The molecule has 0 fully saturated rings. The maximum absolute atomic E-state index is 12.8. The molecule has 134 valence electrons. The molecule has 4 nitrogen and oxygen atoms in total. The average molecular weight is 400 g/mol. The number of anilines is 1. The Hall–Kier alpha value is -1.56. The molecule has 0 radical (unpaired) electrons. The molecule has 0 unspecified atom stereocenters. The molecule has 25 heavy (non-hydrogen) atoms. The third-order valence-corrected chi connectivity index (χ3v) is 5.40. The minimum Gasteiger partial charge on any atom is -0.310 e. The highest BCUT2D eigenvalue weighted by Crippen LogP contribution is 2.25. The van der Waals surface area contributed by atoms with Crippen molar-refractivity contribution in [3.05, 3.63) is 58.1 Å². The zero-order chi connectivity index (χ0) is 18.8. The fraction of sp³-hybridized carbons (Fsp3) is 0.278. The first-order valence-electron chi connectivity index (χ1n) is 7.65. The van der Waals surface area contributed by atoms with Crippen LogP contribution in [0.25, 0.3) is 0 Å². The number of nitrogens with zero attached hydrogens (tertiary/aromatic N) is 1. The van der Waals surface area contributed by atoms with Gasteiger partial charge in [-0.25, -0.2) is 8.42 Å². The Morgan fingerprint density at radius 3 is 2.16 bits per heavy atom. The Labute approximate surface area is 158 Å². The second-order valence-corrected chi connectivity index (χ2v) is 8.90. The number of rotatable bonds is 5. The van der Waals surface area contributed by atoms with Crippen LogP contribution in [0.2, 0.25) is 10.0 Å². The van der Waals surface area contributed by atoms with Crippen LogP contribution < -0.4 is 4.90 Å². The third-order valence-electron chi connectivity index (χ3n) is 3.68. The van der Waals surface area contributed by atoms with E-state index in [1.165, 1.54) is 12.1 Å². The Balaban J connectivity index is 2.29. The summed E-state index contributed by atoms with van der Waals surface area (Å²) in [5.74, 6) is -0.133. The smallest absolute Gasteiger partial charge is 0.231 e. The van der Waals surface area contributed by atoms with Crippen molar-refractivity contribution in [2.75, 3.05) is 11.2 Å². The molecule has 0 saturated heterocycles. The molecule has 0 bridgehead atoms.